The van der Waals surface area contributed by atoms with E-state index in [-0.39, 0.29) is 27.5 Å². The van der Waals surface area contributed by atoms with E-state index in [1.54, 1.807) is 0 Å². The van der Waals surface area contributed by atoms with Gasteiger partial charge >= 0.3 is 0 Å². The standard InChI is InChI=1S/C14H10O7/c1-4-7-9(17)5-2-3-6(15)10(18)13(5)21-14(7)12(20)11(19)8(4)16/h2-3,15-16,18-20H,1H3. The largest absolute Gasteiger partial charge is 0.504 e. The van der Waals surface area contributed by atoms with Crippen molar-refractivity contribution in [2.45, 2.75) is 6.92 Å². The number of fused-ring (bicyclic) bond motifs is 2. The van der Waals surface area contributed by atoms with Gasteiger partial charge in [0, 0.05) is 5.56 Å². The molecule has 0 radical (unpaired) electrons. The Bertz CT molecular complexity index is 969. The molecule has 7 nitrogen and oxygen atoms in total. The topological polar surface area (TPSA) is 131 Å². The average molecular weight is 290 g/mol. The minimum absolute atomic E-state index is 0.0310. The zero-order chi connectivity index (χ0) is 15.5. The van der Waals surface area contributed by atoms with Gasteiger partial charge in [0.1, 0.15) is 0 Å². The number of hydrogen-bond acceptors (Lipinski definition) is 7. The summed E-state index contributed by atoms with van der Waals surface area (Å²) in [6, 6.07) is 2.37. The molecule has 0 aliphatic rings. The van der Waals surface area contributed by atoms with Gasteiger partial charge in [0.2, 0.25) is 22.7 Å². The third-order valence-corrected chi connectivity index (χ3v) is 3.41. The number of hydrogen-bond donors (Lipinski definition) is 5. The van der Waals surface area contributed by atoms with Crippen LogP contribution in [0.15, 0.2) is 21.3 Å². The van der Waals surface area contributed by atoms with Gasteiger partial charge in [-0.15, -0.1) is 0 Å². The van der Waals surface area contributed by atoms with E-state index in [4.69, 9.17) is 4.42 Å². The van der Waals surface area contributed by atoms with E-state index in [9.17, 15) is 30.3 Å². The van der Waals surface area contributed by atoms with Gasteiger partial charge in [-0.3, -0.25) is 4.79 Å². The Morgan fingerprint density at radius 2 is 1.52 bits per heavy atom. The lowest BCUT2D eigenvalue weighted by molar-refractivity contribution is 0.364. The van der Waals surface area contributed by atoms with Gasteiger partial charge in [-0.25, -0.2) is 0 Å². The Morgan fingerprint density at radius 3 is 2.19 bits per heavy atom. The van der Waals surface area contributed by atoms with Gasteiger partial charge in [-0.2, -0.15) is 0 Å². The van der Waals surface area contributed by atoms with Crippen molar-refractivity contribution < 1.29 is 29.9 Å². The molecule has 3 aromatic rings. The first-order valence-electron chi connectivity index (χ1n) is 5.89. The van der Waals surface area contributed by atoms with Crippen LogP contribution in [0.1, 0.15) is 5.56 Å². The first-order valence-corrected chi connectivity index (χ1v) is 5.89. The minimum Gasteiger partial charge on any atom is -0.504 e. The SMILES string of the molecule is Cc1c(O)c(O)c(O)c2oc3c(O)c(O)ccc3c(=O)c12. The number of phenols is 5. The second kappa shape index (κ2) is 3.95. The van der Waals surface area contributed by atoms with E-state index in [0.717, 1.165) is 6.07 Å². The maximum atomic E-state index is 12.4. The van der Waals surface area contributed by atoms with Crippen molar-refractivity contribution in [2.24, 2.45) is 0 Å². The van der Waals surface area contributed by atoms with E-state index in [0.29, 0.717) is 0 Å². The first kappa shape index (κ1) is 12.9. The lowest BCUT2D eigenvalue weighted by Gasteiger charge is -2.10. The van der Waals surface area contributed by atoms with Crippen LogP contribution in [-0.2, 0) is 0 Å². The van der Waals surface area contributed by atoms with Gasteiger partial charge in [0.25, 0.3) is 0 Å². The molecule has 0 unspecified atom stereocenters. The van der Waals surface area contributed by atoms with Gasteiger partial charge in [0.05, 0.1) is 10.8 Å². The van der Waals surface area contributed by atoms with Gasteiger partial charge in [0.15, 0.2) is 22.7 Å². The molecule has 0 bridgehead atoms. The van der Waals surface area contributed by atoms with Crippen molar-refractivity contribution in [3.05, 3.63) is 27.9 Å². The maximum Gasteiger partial charge on any atom is 0.205 e. The molecule has 0 saturated heterocycles. The average Bonchev–Trinajstić information content (AvgIpc) is 2.46. The van der Waals surface area contributed by atoms with Crippen molar-refractivity contribution in [3.63, 3.8) is 0 Å². The number of aromatic hydroxyl groups is 5. The Kier molecular flexibility index (Phi) is 2.43. The quantitative estimate of drug-likeness (QED) is 0.315. The maximum absolute atomic E-state index is 12.4. The summed E-state index contributed by atoms with van der Waals surface area (Å²) in [5.41, 5.74) is -1.30. The summed E-state index contributed by atoms with van der Waals surface area (Å²) in [5.74, 6) is -3.44. The van der Waals surface area contributed by atoms with E-state index < -0.39 is 34.2 Å². The molecule has 7 heteroatoms. The molecular weight excluding hydrogens is 280 g/mol. The summed E-state index contributed by atoms with van der Waals surface area (Å²) in [6.45, 7) is 1.37. The predicted molar refractivity (Wildman–Crippen MR) is 73.1 cm³/mol. The summed E-state index contributed by atoms with van der Waals surface area (Å²) in [5, 5.41) is 48.1. The molecule has 0 spiro atoms. The Morgan fingerprint density at radius 1 is 0.857 bits per heavy atom. The molecule has 0 amide bonds. The third kappa shape index (κ3) is 1.51. The molecule has 21 heavy (non-hydrogen) atoms. The Balaban J connectivity index is 2.71. The summed E-state index contributed by atoms with van der Waals surface area (Å²) in [6.07, 6.45) is 0. The van der Waals surface area contributed by atoms with Crippen LogP contribution in [0.25, 0.3) is 21.9 Å². The summed E-state index contributed by atoms with van der Waals surface area (Å²) < 4.78 is 5.25. The molecular formula is C14H10O7. The lowest BCUT2D eigenvalue weighted by Crippen LogP contribution is -2.04. The molecule has 0 aliphatic carbocycles. The molecule has 1 heterocycles. The normalized spacial score (nSPS) is 11.3. The highest BCUT2D eigenvalue weighted by Gasteiger charge is 2.23. The third-order valence-electron chi connectivity index (χ3n) is 3.41. The zero-order valence-corrected chi connectivity index (χ0v) is 10.7. The smallest absolute Gasteiger partial charge is 0.205 e. The zero-order valence-electron chi connectivity index (χ0n) is 10.7. The van der Waals surface area contributed by atoms with Crippen LogP contribution in [-0.4, -0.2) is 25.5 Å². The molecule has 5 N–H and O–H groups in total. The number of aryl methyl sites for hydroxylation is 1. The fourth-order valence-electron chi connectivity index (χ4n) is 2.26. The van der Waals surface area contributed by atoms with E-state index in [1.807, 2.05) is 0 Å². The van der Waals surface area contributed by atoms with E-state index in [1.165, 1.54) is 13.0 Å². The minimum atomic E-state index is -0.831. The van der Waals surface area contributed by atoms with Crippen LogP contribution >= 0.6 is 0 Å². The molecule has 0 aliphatic heterocycles. The highest BCUT2D eigenvalue weighted by molar-refractivity contribution is 5.99. The predicted octanol–water partition coefficient (Wildman–Crippen LogP) is 1.78. The molecule has 0 saturated carbocycles. The highest BCUT2D eigenvalue weighted by Crippen LogP contribution is 2.45. The van der Waals surface area contributed by atoms with Crippen LogP contribution < -0.4 is 5.43 Å². The molecule has 108 valence electrons. The van der Waals surface area contributed by atoms with E-state index in [2.05, 4.69) is 0 Å². The summed E-state index contributed by atoms with van der Waals surface area (Å²) in [7, 11) is 0. The van der Waals surface area contributed by atoms with Gasteiger partial charge in [-0.1, -0.05) is 0 Å². The molecule has 0 atom stereocenters. The fourth-order valence-corrected chi connectivity index (χ4v) is 2.26. The van der Waals surface area contributed by atoms with Crippen LogP contribution in [0.5, 0.6) is 28.7 Å². The molecule has 0 fully saturated rings. The molecule has 1 aromatic heterocycles. The second-order valence-electron chi connectivity index (χ2n) is 4.62. The van der Waals surface area contributed by atoms with Crippen molar-refractivity contribution in [1.29, 1.82) is 0 Å². The lowest BCUT2D eigenvalue weighted by atomic mass is 10.0. The summed E-state index contributed by atoms with van der Waals surface area (Å²) in [4.78, 5) is 12.4. The van der Waals surface area contributed by atoms with Crippen LogP contribution in [0, 0.1) is 6.92 Å². The first-order chi connectivity index (χ1) is 9.84. The van der Waals surface area contributed by atoms with Crippen LogP contribution in [0.2, 0.25) is 0 Å². The number of rotatable bonds is 0. The van der Waals surface area contributed by atoms with Crippen molar-refractivity contribution in [1.82, 2.24) is 0 Å². The summed E-state index contributed by atoms with van der Waals surface area (Å²) >= 11 is 0. The monoisotopic (exact) mass is 290 g/mol. The van der Waals surface area contributed by atoms with Crippen molar-refractivity contribution in [3.8, 4) is 28.7 Å². The molecule has 2 aromatic carbocycles. The molecule has 3 rings (SSSR count). The van der Waals surface area contributed by atoms with Crippen LogP contribution in [0.4, 0.5) is 0 Å². The number of benzene rings is 2. The second-order valence-corrected chi connectivity index (χ2v) is 4.62. The van der Waals surface area contributed by atoms with Crippen LogP contribution in [0.3, 0.4) is 0 Å². The fraction of sp³-hybridized carbons (Fsp3) is 0.0714. The van der Waals surface area contributed by atoms with Crippen molar-refractivity contribution in [2.75, 3.05) is 0 Å². The van der Waals surface area contributed by atoms with E-state index >= 15 is 0 Å². The highest BCUT2D eigenvalue weighted by atomic mass is 16.4. The van der Waals surface area contributed by atoms with Crippen molar-refractivity contribution >= 4 is 21.9 Å². The Hall–Kier alpha value is -3.09. The number of phenolic OH excluding ortho intramolecular Hbond substituents is 5. The van der Waals surface area contributed by atoms with Gasteiger partial charge in [-0.05, 0) is 19.1 Å². The Labute approximate surface area is 116 Å². The van der Waals surface area contributed by atoms with Gasteiger partial charge < -0.3 is 29.9 Å².